The molecular weight excluding hydrogens is 252 g/mol. The zero-order valence-corrected chi connectivity index (χ0v) is 11.3. The molecule has 1 aliphatic carbocycles. The number of anilines is 2. The van der Waals surface area contributed by atoms with Crippen LogP contribution < -0.4 is 10.6 Å². The van der Waals surface area contributed by atoms with E-state index in [1.165, 1.54) is 0 Å². The number of halogens is 1. The van der Waals surface area contributed by atoms with Gasteiger partial charge in [0.2, 0.25) is 5.95 Å². The van der Waals surface area contributed by atoms with Gasteiger partial charge in [0.15, 0.2) is 5.82 Å². The molecule has 0 amide bonds. The summed E-state index contributed by atoms with van der Waals surface area (Å²) in [6.07, 6.45) is 5.40. The van der Waals surface area contributed by atoms with Gasteiger partial charge < -0.3 is 15.7 Å². The quantitative estimate of drug-likeness (QED) is 0.766. The lowest BCUT2D eigenvalue weighted by atomic mass is 10.0. The molecule has 0 aliphatic heterocycles. The Morgan fingerprint density at radius 1 is 1.39 bits per heavy atom. The molecule has 18 heavy (non-hydrogen) atoms. The maximum atomic E-state index is 10.3. The van der Waals surface area contributed by atoms with Crippen LogP contribution in [0.2, 0.25) is 5.02 Å². The number of nitrogens with one attached hydrogen (secondary N) is 2. The molecular formula is C12H19ClN4O. The Kier molecular flexibility index (Phi) is 4.24. The van der Waals surface area contributed by atoms with E-state index in [2.05, 4.69) is 20.6 Å². The van der Waals surface area contributed by atoms with Crippen molar-refractivity contribution in [2.45, 2.75) is 38.2 Å². The number of rotatable bonds is 5. The minimum absolute atomic E-state index is 0.471. The average molecular weight is 271 g/mol. The number of aliphatic hydroxyl groups is 1. The third kappa shape index (κ3) is 3.23. The minimum atomic E-state index is -0.618. The van der Waals surface area contributed by atoms with Gasteiger partial charge in [0.05, 0.1) is 11.8 Å². The zero-order valence-electron chi connectivity index (χ0n) is 10.5. The zero-order chi connectivity index (χ0) is 13.0. The van der Waals surface area contributed by atoms with Crippen LogP contribution in [0.1, 0.15) is 32.6 Å². The van der Waals surface area contributed by atoms with Gasteiger partial charge in [-0.15, -0.1) is 0 Å². The molecule has 5 nitrogen and oxygen atoms in total. The van der Waals surface area contributed by atoms with Gasteiger partial charge in [-0.25, -0.2) is 4.98 Å². The van der Waals surface area contributed by atoms with Gasteiger partial charge in [-0.2, -0.15) is 4.98 Å². The minimum Gasteiger partial charge on any atom is -0.388 e. The third-order valence-corrected chi connectivity index (χ3v) is 3.47. The maximum Gasteiger partial charge on any atom is 0.224 e. The Balaban J connectivity index is 2.01. The molecule has 100 valence electrons. The smallest absolute Gasteiger partial charge is 0.224 e. The highest BCUT2D eigenvalue weighted by Gasteiger charge is 2.31. The summed E-state index contributed by atoms with van der Waals surface area (Å²) >= 11 is 6.03. The van der Waals surface area contributed by atoms with Gasteiger partial charge in [0.1, 0.15) is 5.02 Å². The lowest BCUT2D eigenvalue weighted by Crippen LogP contribution is -2.33. The van der Waals surface area contributed by atoms with Gasteiger partial charge in [0.25, 0.3) is 0 Å². The van der Waals surface area contributed by atoms with E-state index < -0.39 is 5.60 Å². The molecule has 6 heteroatoms. The lowest BCUT2D eigenvalue weighted by molar-refractivity contribution is 0.0614. The van der Waals surface area contributed by atoms with Crippen molar-refractivity contribution in [1.82, 2.24) is 9.97 Å². The summed E-state index contributed by atoms with van der Waals surface area (Å²) in [5.74, 6) is 1.12. The van der Waals surface area contributed by atoms with Crippen LogP contribution in [-0.2, 0) is 0 Å². The fourth-order valence-electron chi connectivity index (χ4n) is 2.19. The van der Waals surface area contributed by atoms with E-state index in [-0.39, 0.29) is 0 Å². The maximum absolute atomic E-state index is 10.3. The molecule has 0 saturated heterocycles. The van der Waals surface area contributed by atoms with Crippen LogP contribution in [0, 0.1) is 0 Å². The molecule has 1 aromatic rings. The standard InChI is InChI=1S/C12H19ClN4O/c1-2-14-11-15-7-9(13)10(17-11)16-8-12(18)5-3-4-6-12/h7,18H,2-6,8H2,1H3,(H2,14,15,16,17). The van der Waals surface area contributed by atoms with Crippen molar-refractivity contribution in [3.63, 3.8) is 0 Å². The van der Waals surface area contributed by atoms with Crippen molar-refractivity contribution in [2.24, 2.45) is 0 Å². The Morgan fingerprint density at radius 3 is 2.78 bits per heavy atom. The molecule has 3 N–H and O–H groups in total. The summed E-state index contributed by atoms with van der Waals surface area (Å²) in [5.41, 5.74) is -0.618. The van der Waals surface area contributed by atoms with Gasteiger partial charge in [-0.1, -0.05) is 24.4 Å². The molecule has 1 fully saturated rings. The Hall–Kier alpha value is -1.07. The second kappa shape index (κ2) is 5.71. The summed E-state index contributed by atoms with van der Waals surface area (Å²) < 4.78 is 0. The first-order valence-electron chi connectivity index (χ1n) is 6.36. The topological polar surface area (TPSA) is 70.1 Å². The first kappa shape index (κ1) is 13.4. The Bertz CT molecular complexity index is 407. The van der Waals surface area contributed by atoms with Crippen LogP contribution in [0.3, 0.4) is 0 Å². The highest BCUT2D eigenvalue weighted by molar-refractivity contribution is 6.32. The molecule has 2 rings (SSSR count). The van der Waals surface area contributed by atoms with Crippen LogP contribution in [0.25, 0.3) is 0 Å². The van der Waals surface area contributed by atoms with E-state index in [1.807, 2.05) is 6.92 Å². The highest BCUT2D eigenvalue weighted by Crippen LogP contribution is 2.30. The summed E-state index contributed by atoms with van der Waals surface area (Å²) in [6.45, 7) is 3.21. The van der Waals surface area contributed by atoms with Gasteiger partial charge in [0, 0.05) is 13.1 Å². The van der Waals surface area contributed by atoms with Gasteiger partial charge in [-0.3, -0.25) is 0 Å². The van der Waals surface area contributed by atoms with Crippen LogP contribution in [0.15, 0.2) is 6.20 Å². The van der Waals surface area contributed by atoms with Gasteiger partial charge in [-0.05, 0) is 19.8 Å². The molecule has 1 saturated carbocycles. The second-order valence-electron chi connectivity index (χ2n) is 4.71. The number of aromatic nitrogens is 2. The lowest BCUT2D eigenvalue weighted by Gasteiger charge is -2.23. The van der Waals surface area contributed by atoms with Crippen molar-refractivity contribution < 1.29 is 5.11 Å². The van der Waals surface area contributed by atoms with E-state index in [0.29, 0.717) is 23.3 Å². The Labute approximate surface area is 112 Å². The molecule has 1 aliphatic rings. The Morgan fingerprint density at radius 2 is 2.11 bits per heavy atom. The molecule has 0 bridgehead atoms. The van der Waals surface area contributed by atoms with Crippen LogP contribution in [-0.4, -0.2) is 33.8 Å². The molecule has 1 heterocycles. The van der Waals surface area contributed by atoms with Crippen molar-refractivity contribution in [3.05, 3.63) is 11.2 Å². The fraction of sp³-hybridized carbons (Fsp3) is 0.667. The molecule has 0 atom stereocenters. The SMILES string of the molecule is CCNc1ncc(Cl)c(NCC2(O)CCCC2)n1. The van der Waals surface area contributed by atoms with Crippen LogP contribution >= 0.6 is 11.6 Å². The fourth-order valence-corrected chi connectivity index (χ4v) is 2.35. The first-order chi connectivity index (χ1) is 8.63. The second-order valence-corrected chi connectivity index (χ2v) is 5.11. The van der Waals surface area contributed by atoms with Crippen molar-refractivity contribution in [1.29, 1.82) is 0 Å². The van der Waals surface area contributed by atoms with Crippen molar-refractivity contribution in [3.8, 4) is 0 Å². The van der Waals surface area contributed by atoms with Crippen molar-refractivity contribution in [2.75, 3.05) is 23.7 Å². The van der Waals surface area contributed by atoms with E-state index >= 15 is 0 Å². The van der Waals surface area contributed by atoms with Crippen LogP contribution in [0.5, 0.6) is 0 Å². The largest absolute Gasteiger partial charge is 0.388 e. The monoisotopic (exact) mass is 270 g/mol. The summed E-state index contributed by atoms with van der Waals surface area (Å²) in [6, 6.07) is 0. The first-order valence-corrected chi connectivity index (χ1v) is 6.73. The van der Waals surface area contributed by atoms with Crippen LogP contribution in [0.4, 0.5) is 11.8 Å². The predicted octanol–water partition coefficient (Wildman–Crippen LogP) is 2.28. The predicted molar refractivity (Wildman–Crippen MR) is 73.1 cm³/mol. The molecule has 0 spiro atoms. The number of hydrogen-bond donors (Lipinski definition) is 3. The van der Waals surface area contributed by atoms with E-state index in [9.17, 15) is 5.11 Å². The molecule has 0 aromatic carbocycles. The average Bonchev–Trinajstić information content (AvgIpc) is 2.78. The summed E-state index contributed by atoms with van der Waals surface area (Å²) in [7, 11) is 0. The van der Waals surface area contributed by atoms with E-state index in [0.717, 1.165) is 32.2 Å². The van der Waals surface area contributed by atoms with E-state index in [4.69, 9.17) is 11.6 Å². The molecule has 1 aromatic heterocycles. The molecule has 0 radical (unpaired) electrons. The van der Waals surface area contributed by atoms with Gasteiger partial charge >= 0.3 is 0 Å². The number of nitrogens with zero attached hydrogens (tertiary/aromatic N) is 2. The van der Waals surface area contributed by atoms with E-state index in [1.54, 1.807) is 6.20 Å². The van der Waals surface area contributed by atoms with Crippen molar-refractivity contribution >= 4 is 23.4 Å². The molecule has 0 unspecified atom stereocenters. The normalized spacial score (nSPS) is 17.7. The highest BCUT2D eigenvalue weighted by atomic mass is 35.5. The summed E-state index contributed by atoms with van der Waals surface area (Å²) in [4.78, 5) is 8.35. The number of hydrogen-bond acceptors (Lipinski definition) is 5. The third-order valence-electron chi connectivity index (χ3n) is 3.20. The summed E-state index contributed by atoms with van der Waals surface area (Å²) in [5, 5.41) is 16.9.